The fraction of sp³-hybridized carbons (Fsp3) is 0.406. The Morgan fingerprint density at radius 3 is 2.40 bits per heavy atom. The van der Waals surface area contributed by atoms with Gasteiger partial charge in [-0.05, 0) is 60.7 Å². The van der Waals surface area contributed by atoms with Gasteiger partial charge in [-0.1, -0.05) is 61.4 Å². The van der Waals surface area contributed by atoms with Crippen molar-refractivity contribution < 1.29 is 19.5 Å². The van der Waals surface area contributed by atoms with Gasteiger partial charge in [0.05, 0.1) is 16.6 Å². The second kappa shape index (κ2) is 11.3. The highest BCUT2D eigenvalue weighted by molar-refractivity contribution is 8.02. The summed E-state index contributed by atoms with van der Waals surface area (Å²) in [4.78, 5) is 43.6. The van der Waals surface area contributed by atoms with Gasteiger partial charge in [0.15, 0.2) is 0 Å². The summed E-state index contributed by atoms with van der Waals surface area (Å²) in [5.74, 6) is -1.39. The Morgan fingerprint density at radius 2 is 1.60 bits per heavy atom. The molecular weight excluding hydrogens is 522 g/mol. The van der Waals surface area contributed by atoms with Crippen LogP contribution in [0.4, 0.5) is 11.4 Å². The first-order chi connectivity index (χ1) is 19.5. The van der Waals surface area contributed by atoms with E-state index in [-0.39, 0.29) is 29.6 Å². The summed E-state index contributed by atoms with van der Waals surface area (Å²) < 4.78 is -0.619. The number of rotatable bonds is 10. The Balaban J connectivity index is 1.28. The van der Waals surface area contributed by atoms with Crippen LogP contribution in [0.25, 0.3) is 10.8 Å². The van der Waals surface area contributed by atoms with Crippen LogP contribution in [0.3, 0.4) is 0 Å². The fourth-order valence-electron chi connectivity index (χ4n) is 6.97. The number of carbonyl (C=O) groups excluding carboxylic acids is 3. The number of fused-ring (bicyclic) bond motifs is 2. The smallest absolute Gasteiger partial charge is 0.248 e. The van der Waals surface area contributed by atoms with E-state index in [0.717, 1.165) is 49.3 Å². The summed E-state index contributed by atoms with van der Waals surface area (Å²) in [6, 6.07) is 22.6. The Labute approximate surface area is 238 Å². The molecule has 3 aromatic carbocycles. The number of nitrogens with zero attached hydrogens (tertiary/aromatic N) is 1. The standard InChI is InChI=1S/C32H35N3O4S/c36-19-9-2-1-8-18-35-28(30(38)34-24-15-14-21-10-6-7-11-22(21)20-24)32-17-16-25(40-32)26(27(32)31(35)39)29(37)33-23-12-4-3-5-13-23/h3-7,10-15,20,25-28,36H,1-2,8-9,16-19H2,(H,33,37)(H,34,38)/t25-,26+,27+,28?,32?/m1/s1. The Hall–Kier alpha value is -3.36. The number of aliphatic hydroxyl groups is 1. The maximum atomic E-state index is 14.1. The molecule has 0 radical (unpaired) electrons. The molecule has 7 nitrogen and oxygen atoms in total. The van der Waals surface area contributed by atoms with E-state index >= 15 is 0 Å². The monoisotopic (exact) mass is 557 g/mol. The van der Waals surface area contributed by atoms with E-state index in [9.17, 15) is 14.4 Å². The third kappa shape index (κ3) is 4.77. The number of nitrogens with one attached hydrogen (secondary N) is 2. The molecule has 3 fully saturated rings. The van der Waals surface area contributed by atoms with Gasteiger partial charge in [0.1, 0.15) is 6.04 Å². The van der Waals surface area contributed by atoms with Crippen molar-refractivity contribution in [3.8, 4) is 0 Å². The predicted molar refractivity (Wildman–Crippen MR) is 159 cm³/mol. The van der Waals surface area contributed by atoms with E-state index in [4.69, 9.17) is 5.11 Å². The van der Waals surface area contributed by atoms with E-state index in [1.54, 1.807) is 16.7 Å². The number of thioether (sulfide) groups is 1. The summed E-state index contributed by atoms with van der Waals surface area (Å²) in [6.07, 6.45) is 4.78. The van der Waals surface area contributed by atoms with Gasteiger partial charge < -0.3 is 20.6 Å². The molecule has 0 saturated carbocycles. The van der Waals surface area contributed by atoms with Gasteiger partial charge in [0, 0.05) is 29.8 Å². The van der Waals surface area contributed by atoms with Gasteiger partial charge in [-0.25, -0.2) is 0 Å². The molecule has 208 valence electrons. The minimum absolute atomic E-state index is 0.0142. The predicted octanol–water partition coefficient (Wildman–Crippen LogP) is 5.06. The molecule has 5 atom stereocenters. The Kier molecular flexibility index (Phi) is 7.55. The van der Waals surface area contributed by atoms with Gasteiger partial charge in [0.2, 0.25) is 17.7 Å². The van der Waals surface area contributed by atoms with Crippen LogP contribution in [0.2, 0.25) is 0 Å². The topological polar surface area (TPSA) is 98.7 Å². The van der Waals surface area contributed by atoms with Crippen molar-refractivity contribution in [2.75, 3.05) is 23.8 Å². The van der Waals surface area contributed by atoms with Crippen molar-refractivity contribution in [1.82, 2.24) is 4.90 Å². The van der Waals surface area contributed by atoms with Crippen LogP contribution in [-0.4, -0.2) is 56.9 Å². The lowest BCUT2D eigenvalue weighted by atomic mass is 9.70. The molecule has 2 bridgehead atoms. The minimum Gasteiger partial charge on any atom is -0.396 e. The molecule has 3 N–H and O–H groups in total. The number of likely N-dealkylation sites (tertiary alicyclic amines) is 1. The van der Waals surface area contributed by atoms with Gasteiger partial charge in [-0.15, -0.1) is 11.8 Å². The average molecular weight is 558 g/mol. The van der Waals surface area contributed by atoms with Gasteiger partial charge in [-0.3, -0.25) is 14.4 Å². The van der Waals surface area contributed by atoms with Crippen molar-refractivity contribution in [2.24, 2.45) is 11.8 Å². The molecule has 8 heteroatoms. The van der Waals surface area contributed by atoms with Crippen molar-refractivity contribution in [2.45, 2.75) is 54.6 Å². The van der Waals surface area contributed by atoms with E-state index in [2.05, 4.69) is 10.6 Å². The summed E-state index contributed by atoms with van der Waals surface area (Å²) in [5, 5.41) is 17.5. The summed E-state index contributed by atoms with van der Waals surface area (Å²) in [6.45, 7) is 0.622. The highest BCUT2D eigenvalue weighted by atomic mass is 32.2. The average Bonchev–Trinajstić information content (AvgIpc) is 3.61. The summed E-state index contributed by atoms with van der Waals surface area (Å²) >= 11 is 1.68. The number of para-hydroxylation sites is 1. The molecular formula is C32H35N3O4S. The van der Waals surface area contributed by atoms with Crippen LogP contribution in [0, 0.1) is 11.8 Å². The van der Waals surface area contributed by atoms with Crippen molar-refractivity contribution in [3.63, 3.8) is 0 Å². The molecule has 1 spiro atoms. The second-order valence-corrected chi connectivity index (χ2v) is 12.7. The van der Waals surface area contributed by atoms with Crippen LogP contribution in [0.15, 0.2) is 72.8 Å². The zero-order valence-electron chi connectivity index (χ0n) is 22.4. The first kappa shape index (κ1) is 26.8. The minimum atomic E-state index is -0.640. The van der Waals surface area contributed by atoms with Crippen molar-refractivity contribution in [1.29, 1.82) is 0 Å². The first-order valence-corrected chi connectivity index (χ1v) is 15.1. The molecule has 0 aliphatic carbocycles. The third-order valence-electron chi connectivity index (χ3n) is 8.72. The number of carbonyl (C=O) groups is 3. The summed E-state index contributed by atoms with van der Waals surface area (Å²) in [7, 11) is 0. The number of benzene rings is 3. The van der Waals surface area contributed by atoms with E-state index in [0.29, 0.717) is 17.9 Å². The van der Waals surface area contributed by atoms with Crippen LogP contribution in [0.5, 0.6) is 0 Å². The van der Waals surface area contributed by atoms with Crippen LogP contribution in [-0.2, 0) is 14.4 Å². The van der Waals surface area contributed by atoms with Crippen LogP contribution < -0.4 is 10.6 Å². The number of unbranched alkanes of at least 4 members (excludes halogenated alkanes) is 3. The zero-order chi connectivity index (χ0) is 27.7. The molecule has 3 aliphatic rings. The maximum Gasteiger partial charge on any atom is 0.248 e. The molecule has 3 saturated heterocycles. The molecule has 3 aromatic rings. The molecule has 0 aromatic heterocycles. The largest absolute Gasteiger partial charge is 0.396 e. The van der Waals surface area contributed by atoms with Gasteiger partial charge >= 0.3 is 0 Å². The van der Waals surface area contributed by atoms with E-state index in [1.165, 1.54) is 0 Å². The zero-order valence-corrected chi connectivity index (χ0v) is 23.2. The van der Waals surface area contributed by atoms with Crippen LogP contribution in [0.1, 0.15) is 38.5 Å². The fourth-order valence-corrected chi connectivity index (χ4v) is 9.19. The quantitative estimate of drug-likeness (QED) is 0.303. The van der Waals surface area contributed by atoms with Crippen LogP contribution >= 0.6 is 11.8 Å². The molecule has 40 heavy (non-hydrogen) atoms. The molecule has 3 amide bonds. The van der Waals surface area contributed by atoms with E-state index in [1.807, 2.05) is 72.8 Å². The lowest BCUT2D eigenvalue weighted by molar-refractivity contribution is -0.138. The van der Waals surface area contributed by atoms with E-state index < -0.39 is 22.6 Å². The molecule has 3 aliphatic heterocycles. The molecule has 2 unspecified atom stereocenters. The normalized spacial score (nSPS) is 26.7. The van der Waals surface area contributed by atoms with Crippen molar-refractivity contribution >= 4 is 51.6 Å². The highest BCUT2D eigenvalue weighted by Crippen LogP contribution is 2.66. The summed E-state index contributed by atoms with van der Waals surface area (Å²) in [5.41, 5.74) is 1.42. The molecule has 3 heterocycles. The van der Waals surface area contributed by atoms with Gasteiger partial charge in [-0.2, -0.15) is 0 Å². The third-order valence-corrected chi connectivity index (χ3v) is 10.7. The lowest BCUT2D eigenvalue weighted by Gasteiger charge is -2.34. The maximum absolute atomic E-state index is 14.1. The number of anilines is 2. The highest BCUT2D eigenvalue weighted by Gasteiger charge is 2.73. The Bertz CT molecular complexity index is 1420. The molecule has 6 rings (SSSR count). The number of hydrogen-bond donors (Lipinski definition) is 3. The van der Waals surface area contributed by atoms with Gasteiger partial charge in [0.25, 0.3) is 0 Å². The SMILES string of the molecule is O=C(Nc1ccc2ccccc2c1)C1N(CCCCCCO)C(=O)[C@@H]2[C@@H](C(=O)Nc3ccccc3)[C@H]3CCC12S3. The number of amides is 3. The number of aliphatic hydroxyl groups excluding tert-OH is 1. The van der Waals surface area contributed by atoms with Crippen molar-refractivity contribution in [3.05, 3.63) is 72.8 Å². The lowest BCUT2D eigenvalue weighted by Crippen LogP contribution is -2.51. The first-order valence-electron chi connectivity index (χ1n) is 14.3. The Morgan fingerprint density at radius 1 is 0.875 bits per heavy atom. The number of hydrogen-bond acceptors (Lipinski definition) is 5. The second-order valence-electron chi connectivity index (χ2n) is 11.1.